The molecular formula is C9H9F3IN. The summed E-state index contributed by atoms with van der Waals surface area (Å²) in [4.78, 5) is 0. The average molecular weight is 315 g/mol. The molecule has 0 aliphatic carbocycles. The summed E-state index contributed by atoms with van der Waals surface area (Å²) in [5, 5.41) is 0. The summed E-state index contributed by atoms with van der Waals surface area (Å²) in [6.07, 6.45) is -3.03. The molecule has 14 heavy (non-hydrogen) atoms. The van der Waals surface area contributed by atoms with Crippen LogP contribution in [-0.4, -0.2) is 6.43 Å². The molecule has 1 atom stereocenters. The number of rotatable bonds is 3. The van der Waals surface area contributed by atoms with Crippen LogP contribution in [0.1, 0.15) is 18.0 Å². The van der Waals surface area contributed by atoms with Gasteiger partial charge in [-0.05, 0) is 40.8 Å². The minimum atomic E-state index is -2.51. The Hall–Kier alpha value is -0.300. The summed E-state index contributed by atoms with van der Waals surface area (Å²) in [6, 6.07) is 3.35. The van der Waals surface area contributed by atoms with Crippen molar-refractivity contribution in [2.24, 2.45) is 5.73 Å². The van der Waals surface area contributed by atoms with Crippen molar-refractivity contribution < 1.29 is 13.2 Å². The highest BCUT2D eigenvalue weighted by Gasteiger charge is 2.16. The molecule has 0 saturated carbocycles. The molecule has 0 radical (unpaired) electrons. The smallest absolute Gasteiger partial charge is 0.240 e. The summed E-state index contributed by atoms with van der Waals surface area (Å²) in [5.74, 6) is -0.529. The van der Waals surface area contributed by atoms with Crippen molar-refractivity contribution >= 4 is 22.6 Å². The first-order chi connectivity index (χ1) is 6.50. The molecule has 1 rings (SSSR count). The Morgan fingerprint density at radius 1 is 1.36 bits per heavy atom. The highest BCUT2D eigenvalue weighted by Crippen LogP contribution is 2.22. The molecule has 0 heterocycles. The highest BCUT2D eigenvalue weighted by molar-refractivity contribution is 14.1. The number of nitrogens with two attached hydrogens (primary N) is 1. The fourth-order valence-electron chi connectivity index (χ4n) is 1.12. The fourth-order valence-corrected chi connectivity index (χ4v) is 1.63. The molecule has 0 aromatic heterocycles. The molecule has 0 aliphatic rings. The Kier molecular flexibility index (Phi) is 4.18. The molecule has 1 nitrogen and oxygen atoms in total. The molecular weight excluding hydrogens is 306 g/mol. The second-order valence-electron chi connectivity index (χ2n) is 2.90. The van der Waals surface area contributed by atoms with Gasteiger partial charge in [-0.25, -0.2) is 13.2 Å². The molecule has 1 aromatic rings. The molecule has 5 heteroatoms. The summed E-state index contributed by atoms with van der Waals surface area (Å²) < 4.78 is 37.9. The van der Waals surface area contributed by atoms with E-state index in [9.17, 15) is 13.2 Å². The van der Waals surface area contributed by atoms with Crippen molar-refractivity contribution in [2.75, 3.05) is 0 Å². The zero-order chi connectivity index (χ0) is 10.7. The molecule has 0 bridgehead atoms. The maximum Gasteiger partial charge on any atom is 0.240 e. The van der Waals surface area contributed by atoms with Crippen molar-refractivity contribution in [3.8, 4) is 0 Å². The first-order valence-electron chi connectivity index (χ1n) is 3.99. The third-order valence-corrected chi connectivity index (χ3v) is 2.46. The second-order valence-corrected chi connectivity index (χ2v) is 4.14. The van der Waals surface area contributed by atoms with E-state index in [2.05, 4.69) is 0 Å². The molecule has 0 amide bonds. The minimum Gasteiger partial charge on any atom is -0.324 e. The van der Waals surface area contributed by atoms with Gasteiger partial charge < -0.3 is 5.73 Å². The molecule has 0 saturated heterocycles. The number of halogens is 4. The monoisotopic (exact) mass is 315 g/mol. The third kappa shape index (κ3) is 3.13. The summed E-state index contributed by atoms with van der Waals surface area (Å²) in [6.45, 7) is 0. The van der Waals surface area contributed by atoms with E-state index in [-0.39, 0.29) is 5.56 Å². The molecule has 0 unspecified atom stereocenters. The van der Waals surface area contributed by atoms with Crippen LogP contribution in [0, 0.1) is 9.39 Å². The van der Waals surface area contributed by atoms with Crippen LogP contribution in [0.3, 0.4) is 0 Å². The zero-order valence-corrected chi connectivity index (χ0v) is 9.34. The predicted molar refractivity (Wildman–Crippen MR) is 56.7 cm³/mol. The maximum absolute atomic E-state index is 13.1. The minimum absolute atomic E-state index is 0.150. The van der Waals surface area contributed by atoms with E-state index in [1.54, 1.807) is 6.07 Å². The van der Waals surface area contributed by atoms with Gasteiger partial charge in [-0.3, -0.25) is 0 Å². The van der Waals surface area contributed by atoms with Crippen LogP contribution < -0.4 is 5.73 Å². The quantitative estimate of drug-likeness (QED) is 0.853. The SMILES string of the molecule is N[C@H](CC(F)F)c1cc(I)ccc1F. The first-order valence-corrected chi connectivity index (χ1v) is 5.07. The lowest BCUT2D eigenvalue weighted by Crippen LogP contribution is -2.15. The van der Waals surface area contributed by atoms with Crippen LogP contribution in [0.4, 0.5) is 13.2 Å². The van der Waals surface area contributed by atoms with Crippen LogP contribution in [0.15, 0.2) is 18.2 Å². The molecule has 2 N–H and O–H groups in total. The van der Waals surface area contributed by atoms with E-state index in [0.29, 0.717) is 0 Å². The lowest BCUT2D eigenvalue weighted by atomic mass is 10.0. The predicted octanol–water partition coefficient (Wildman–Crippen LogP) is 3.09. The average Bonchev–Trinajstić information content (AvgIpc) is 2.08. The van der Waals surface area contributed by atoms with Crippen LogP contribution in [-0.2, 0) is 0 Å². The zero-order valence-electron chi connectivity index (χ0n) is 7.18. The lowest BCUT2D eigenvalue weighted by Gasteiger charge is -2.12. The number of hydrogen-bond donors (Lipinski definition) is 1. The first kappa shape index (κ1) is 11.8. The van der Waals surface area contributed by atoms with Crippen molar-refractivity contribution in [2.45, 2.75) is 18.9 Å². The van der Waals surface area contributed by atoms with Crippen molar-refractivity contribution in [1.82, 2.24) is 0 Å². The van der Waals surface area contributed by atoms with E-state index in [4.69, 9.17) is 5.73 Å². The van der Waals surface area contributed by atoms with E-state index in [1.165, 1.54) is 12.1 Å². The highest BCUT2D eigenvalue weighted by atomic mass is 127. The van der Waals surface area contributed by atoms with Gasteiger partial charge >= 0.3 is 0 Å². The standard InChI is InChI=1S/C9H9F3IN/c10-7-2-1-5(13)3-6(7)8(14)4-9(11)12/h1-3,8-9H,4,14H2/t8-/m1/s1. The van der Waals surface area contributed by atoms with Crippen LogP contribution in [0.25, 0.3) is 0 Å². The number of benzene rings is 1. The Labute approximate surface area is 93.6 Å². The number of hydrogen-bond acceptors (Lipinski definition) is 1. The Morgan fingerprint density at radius 3 is 2.57 bits per heavy atom. The van der Waals surface area contributed by atoms with Gasteiger partial charge in [0.15, 0.2) is 0 Å². The van der Waals surface area contributed by atoms with Gasteiger partial charge in [-0.15, -0.1) is 0 Å². The molecule has 0 aliphatic heterocycles. The molecule has 1 aromatic carbocycles. The Morgan fingerprint density at radius 2 is 2.00 bits per heavy atom. The van der Waals surface area contributed by atoms with Gasteiger partial charge in [0.1, 0.15) is 5.82 Å². The lowest BCUT2D eigenvalue weighted by molar-refractivity contribution is 0.128. The van der Waals surface area contributed by atoms with E-state index >= 15 is 0 Å². The van der Waals surface area contributed by atoms with Gasteiger partial charge in [0.05, 0.1) is 0 Å². The van der Waals surface area contributed by atoms with Gasteiger partial charge in [0, 0.05) is 21.6 Å². The van der Waals surface area contributed by atoms with Crippen LogP contribution in [0.2, 0.25) is 0 Å². The van der Waals surface area contributed by atoms with Gasteiger partial charge in [-0.1, -0.05) is 0 Å². The largest absolute Gasteiger partial charge is 0.324 e. The fraction of sp³-hybridized carbons (Fsp3) is 0.333. The molecule has 78 valence electrons. The normalized spacial score (nSPS) is 13.3. The third-order valence-electron chi connectivity index (χ3n) is 1.79. The van der Waals surface area contributed by atoms with Gasteiger partial charge in [0.2, 0.25) is 6.43 Å². The van der Waals surface area contributed by atoms with E-state index in [0.717, 1.165) is 3.57 Å². The summed E-state index contributed by atoms with van der Waals surface area (Å²) >= 11 is 1.98. The topological polar surface area (TPSA) is 26.0 Å². The van der Waals surface area contributed by atoms with E-state index < -0.39 is 24.7 Å². The van der Waals surface area contributed by atoms with E-state index in [1.807, 2.05) is 22.6 Å². The van der Waals surface area contributed by atoms with Gasteiger partial charge in [-0.2, -0.15) is 0 Å². The number of alkyl halides is 2. The van der Waals surface area contributed by atoms with Crippen molar-refractivity contribution in [3.05, 3.63) is 33.1 Å². The molecule has 0 spiro atoms. The maximum atomic E-state index is 13.1. The molecule has 0 fully saturated rings. The van der Waals surface area contributed by atoms with Crippen LogP contribution >= 0.6 is 22.6 Å². The van der Waals surface area contributed by atoms with Crippen LogP contribution in [0.5, 0.6) is 0 Å². The van der Waals surface area contributed by atoms with Gasteiger partial charge in [0.25, 0.3) is 0 Å². The Balaban J connectivity index is 2.88. The Bertz CT molecular complexity index is 317. The second kappa shape index (κ2) is 4.97. The van der Waals surface area contributed by atoms with Crippen molar-refractivity contribution in [3.63, 3.8) is 0 Å². The summed E-state index contributed by atoms with van der Waals surface area (Å²) in [5.41, 5.74) is 5.59. The summed E-state index contributed by atoms with van der Waals surface area (Å²) in [7, 11) is 0. The van der Waals surface area contributed by atoms with Crippen molar-refractivity contribution in [1.29, 1.82) is 0 Å².